The molecule has 0 bridgehead atoms. The monoisotopic (exact) mass is 380 g/mol. The zero-order chi connectivity index (χ0) is 20.3. The predicted octanol–water partition coefficient (Wildman–Crippen LogP) is 3.69. The van der Waals surface area contributed by atoms with Gasteiger partial charge in [0.1, 0.15) is 17.2 Å². The molecule has 0 saturated heterocycles. The number of nitrogens with one attached hydrogen (secondary N) is 1. The van der Waals surface area contributed by atoms with E-state index in [2.05, 4.69) is 5.32 Å². The molecular formula is C22H24N2O4. The lowest BCUT2D eigenvalue weighted by atomic mass is 10.0. The Morgan fingerprint density at radius 2 is 1.68 bits per heavy atom. The minimum Gasteiger partial charge on any atom is -0.496 e. The van der Waals surface area contributed by atoms with Crippen LogP contribution in [0.1, 0.15) is 26.3 Å². The molecule has 0 saturated carbocycles. The molecule has 1 aliphatic heterocycles. The Bertz CT molecular complexity index is 916. The van der Waals surface area contributed by atoms with Gasteiger partial charge in [0.2, 0.25) is 0 Å². The molecule has 0 atom stereocenters. The summed E-state index contributed by atoms with van der Waals surface area (Å²) in [7, 11) is 1.54. The Morgan fingerprint density at radius 3 is 2.29 bits per heavy atom. The Kier molecular flexibility index (Phi) is 5.68. The van der Waals surface area contributed by atoms with E-state index in [0.29, 0.717) is 29.2 Å². The number of para-hydroxylation sites is 1. The Hall–Kier alpha value is -3.28. The highest BCUT2D eigenvalue weighted by Gasteiger charge is 2.41. The second-order valence-electron chi connectivity index (χ2n) is 6.61. The van der Waals surface area contributed by atoms with Crippen LogP contribution < -0.4 is 14.8 Å². The van der Waals surface area contributed by atoms with E-state index in [4.69, 9.17) is 9.47 Å². The largest absolute Gasteiger partial charge is 0.496 e. The number of amides is 2. The SMILES string of the molecule is CCOc1ccc(NC2=C(c3ccccc3OC)C(=O)N(C(C)C)C2=O)cc1. The molecule has 0 spiro atoms. The van der Waals surface area contributed by atoms with Gasteiger partial charge in [0.15, 0.2) is 0 Å². The van der Waals surface area contributed by atoms with Crippen molar-refractivity contribution < 1.29 is 19.1 Å². The number of carbonyl (C=O) groups is 2. The molecule has 6 nitrogen and oxygen atoms in total. The summed E-state index contributed by atoms with van der Waals surface area (Å²) in [6.45, 7) is 6.12. The first-order valence-corrected chi connectivity index (χ1v) is 9.23. The van der Waals surface area contributed by atoms with Crippen molar-refractivity contribution in [1.29, 1.82) is 0 Å². The smallest absolute Gasteiger partial charge is 0.278 e. The van der Waals surface area contributed by atoms with Crippen LogP contribution in [-0.2, 0) is 9.59 Å². The van der Waals surface area contributed by atoms with E-state index < -0.39 is 0 Å². The highest BCUT2D eigenvalue weighted by atomic mass is 16.5. The fourth-order valence-corrected chi connectivity index (χ4v) is 3.18. The van der Waals surface area contributed by atoms with Crippen molar-refractivity contribution in [1.82, 2.24) is 4.90 Å². The number of hydrogen-bond donors (Lipinski definition) is 1. The Balaban J connectivity index is 2.06. The van der Waals surface area contributed by atoms with Gasteiger partial charge in [0.25, 0.3) is 11.8 Å². The number of benzene rings is 2. The zero-order valence-corrected chi connectivity index (χ0v) is 16.5. The van der Waals surface area contributed by atoms with E-state index >= 15 is 0 Å². The van der Waals surface area contributed by atoms with Crippen LogP contribution in [0.25, 0.3) is 5.57 Å². The lowest BCUT2D eigenvalue weighted by molar-refractivity contribution is -0.138. The maximum atomic E-state index is 13.1. The van der Waals surface area contributed by atoms with E-state index in [-0.39, 0.29) is 23.6 Å². The fraction of sp³-hybridized carbons (Fsp3) is 0.273. The Morgan fingerprint density at radius 1 is 1.00 bits per heavy atom. The van der Waals surface area contributed by atoms with Crippen molar-refractivity contribution in [3.05, 3.63) is 59.8 Å². The molecule has 0 aliphatic carbocycles. The summed E-state index contributed by atoms with van der Waals surface area (Å²) in [4.78, 5) is 27.4. The summed E-state index contributed by atoms with van der Waals surface area (Å²) in [6, 6.07) is 14.2. The normalized spacial score (nSPS) is 14.1. The summed E-state index contributed by atoms with van der Waals surface area (Å²) in [5.41, 5.74) is 1.83. The number of imide groups is 1. The van der Waals surface area contributed by atoms with Gasteiger partial charge in [-0.1, -0.05) is 18.2 Å². The molecule has 3 rings (SSSR count). The molecular weight excluding hydrogens is 356 g/mol. The summed E-state index contributed by atoms with van der Waals surface area (Å²) >= 11 is 0. The third-order valence-electron chi connectivity index (χ3n) is 4.44. The highest BCUT2D eigenvalue weighted by Crippen LogP contribution is 2.36. The quantitative estimate of drug-likeness (QED) is 0.742. The topological polar surface area (TPSA) is 67.9 Å². The lowest BCUT2D eigenvalue weighted by Gasteiger charge is -2.19. The van der Waals surface area contributed by atoms with Gasteiger partial charge in [-0.15, -0.1) is 0 Å². The maximum absolute atomic E-state index is 13.1. The number of methoxy groups -OCH3 is 1. The van der Waals surface area contributed by atoms with Crippen LogP contribution in [0.3, 0.4) is 0 Å². The summed E-state index contributed by atoms with van der Waals surface area (Å²) in [6.07, 6.45) is 0. The number of nitrogens with zero attached hydrogens (tertiary/aromatic N) is 1. The van der Waals surface area contributed by atoms with Crippen LogP contribution in [-0.4, -0.2) is 36.5 Å². The molecule has 0 unspecified atom stereocenters. The summed E-state index contributed by atoms with van der Waals surface area (Å²) < 4.78 is 10.9. The van der Waals surface area contributed by atoms with Gasteiger partial charge in [-0.3, -0.25) is 14.5 Å². The van der Waals surface area contributed by atoms with Crippen molar-refractivity contribution in [3.63, 3.8) is 0 Å². The van der Waals surface area contributed by atoms with Crippen LogP contribution in [0.4, 0.5) is 5.69 Å². The number of ether oxygens (including phenoxy) is 2. The average Bonchev–Trinajstić information content (AvgIpc) is 2.93. The second-order valence-corrected chi connectivity index (χ2v) is 6.61. The molecule has 2 amide bonds. The van der Waals surface area contributed by atoms with Gasteiger partial charge < -0.3 is 14.8 Å². The van der Waals surface area contributed by atoms with Crippen molar-refractivity contribution in [2.75, 3.05) is 19.0 Å². The van der Waals surface area contributed by atoms with Crippen molar-refractivity contribution in [2.45, 2.75) is 26.8 Å². The first-order chi connectivity index (χ1) is 13.5. The van der Waals surface area contributed by atoms with Crippen LogP contribution >= 0.6 is 0 Å². The van der Waals surface area contributed by atoms with E-state index in [1.54, 1.807) is 19.2 Å². The molecule has 1 aliphatic rings. The number of anilines is 1. The third-order valence-corrected chi connectivity index (χ3v) is 4.44. The van der Waals surface area contributed by atoms with Gasteiger partial charge in [-0.2, -0.15) is 0 Å². The molecule has 6 heteroatoms. The third kappa shape index (κ3) is 3.58. The van der Waals surface area contributed by atoms with E-state index in [0.717, 1.165) is 5.75 Å². The van der Waals surface area contributed by atoms with Gasteiger partial charge >= 0.3 is 0 Å². The molecule has 0 radical (unpaired) electrons. The Labute approximate surface area is 164 Å². The van der Waals surface area contributed by atoms with Gasteiger partial charge in [0.05, 0.1) is 19.3 Å². The van der Waals surface area contributed by atoms with Gasteiger partial charge in [0, 0.05) is 17.3 Å². The standard InChI is InChI=1S/C22H24N2O4/c1-5-28-16-12-10-15(11-13-16)23-20-19(17-8-6-7-9-18(17)27-4)21(25)24(14(2)3)22(20)26/h6-14,23H,5H2,1-4H3. The second kappa shape index (κ2) is 8.17. The molecule has 2 aromatic rings. The highest BCUT2D eigenvalue weighted by molar-refractivity contribution is 6.37. The molecule has 28 heavy (non-hydrogen) atoms. The molecule has 0 fully saturated rings. The minimum absolute atomic E-state index is 0.243. The average molecular weight is 380 g/mol. The van der Waals surface area contributed by atoms with Crippen LogP contribution in [0.2, 0.25) is 0 Å². The lowest BCUT2D eigenvalue weighted by Crippen LogP contribution is -2.38. The first-order valence-electron chi connectivity index (χ1n) is 9.23. The van der Waals surface area contributed by atoms with Crippen molar-refractivity contribution in [3.8, 4) is 11.5 Å². The van der Waals surface area contributed by atoms with E-state index in [1.807, 2.05) is 57.2 Å². The summed E-state index contributed by atoms with van der Waals surface area (Å²) in [5.74, 6) is 0.590. The molecule has 1 heterocycles. The first kappa shape index (κ1) is 19.5. The van der Waals surface area contributed by atoms with Crippen LogP contribution in [0.15, 0.2) is 54.2 Å². The number of carbonyl (C=O) groups excluding carboxylic acids is 2. The zero-order valence-electron chi connectivity index (χ0n) is 16.5. The maximum Gasteiger partial charge on any atom is 0.278 e. The number of rotatable bonds is 7. The van der Waals surface area contributed by atoms with Gasteiger partial charge in [-0.05, 0) is 51.1 Å². The minimum atomic E-state index is -0.352. The van der Waals surface area contributed by atoms with Crippen LogP contribution in [0.5, 0.6) is 11.5 Å². The van der Waals surface area contributed by atoms with Crippen molar-refractivity contribution >= 4 is 23.1 Å². The fourth-order valence-electron chi connectivity index (χ4n) is 3.18. The van der Waals surface area contributed by atoms with E-state index in [9.17, 15) is 9.59 Å². The molecule has 2 aromatic carbocycles. The predicted molar refractivity (Wildman–Crippen MR) is 108 cm³/mol. The summed E-state index contributed by atoms with van der Waals surface area (Å²) in [5, 5.41) is 3.13. The number of hydrogen-bond acceptors (Lipinski definition) is 5. The van der Waals surface area contributed by atoms with Crippen LogP contribution in [0, 0.1) is 0 Å². The molecule has 1 N–H and O–H groups in total. The molecule has 0 aromatic heterocycles. The van der Waals surface area contributed by atoms with E-state index in [1.165, 1.54) is 4.90 Å². The van der Waals surface area contributed by atoms with Gasteiger partial charge in [-0.25, -0.2) is 0 Å². The van der Waals surface area contributed by atoms with Crippen molar-refractivity contribution in [2.24, 2.45) is 0 Å². The molecule has 146 valence electrons.